The Labute approximate surface area is 150 Å². The Morgan fingerprint density at radius 2 is 1.54 bits per heavy atom. The third kappa shape index (κ3) is 4.56. The van der Waals surface area contributed by atoms with Crippen LogP contribution in [0.5, 0.6) is 0 Å². The summed E-state index contributed by atoms with van der Waals surface area (Å²) in [5.74, 6) is -1.94. The van der Waals surface area contributed by atoms with Crippen molar-refractivity contribution >= 4 is 23.2 Å². The molecule has 1 aliphatic rings. The van der Waals surface area contributed by atoms with Gasteiger partial charge in [0.2, 0.25) is 5.91 Å². The summed E-state index contributed by atoms with van der Waals surface area (Å²) in [7, 11) is 0. The number of hydrogen-bond donors (Lipinski definition) is 2. The Bertz CT molecular complexity index is 783. The van der Waals surface area contributed by atoms with E-state index in [1.54, 1.807) is 24.3 Å². The van der Waals surface area contributed by atoms with Crippen molar-refractivity contribution in [1.82, 2.24) is 4.90 Å². The van der Waals surface area contributed by atoms with E-state index in [9.17, 15) is 18.4 Å². The predicted molar refractivity (Wildman–Crippen MR) is 95.1 cm³/mol. The van der Waals surface area contributed by atoms with Gasteiger partial charge in [-0.1, -0.05) is 0 Å². The first-order valence-corrected chi connectivity index (χ1v) is 8.40. The van der Waals surface area contributed by atoms with Gasteiger partial charge in [0.15, 0.2) is 0 Å². The van der Waals surface area contributed by atoms with Crippen molar-refractivity contribution < 1.29 is 18.4 Å². The molecule has 2 N–H and O–H groups in total. The molecule has 3 rings (SSSR count). The highest BCUT2D eigenvalue weighted by Gasteiger charge is 2.19. The summed E-state index contributed by atoms with van der Waals surface area (Å²) in [5.41, 5.74) is 1.33. The van der Waals surface area contributed by atoms with Crippen molar-refractivity contribution in [3.63, 3.8) is 0 Å². The van der Waals surface area contributed by atoms with Gasteiger partial charge < -0.3 is 15.5 Å². The topological polar surface area (TPSA) is 61.4 Å². The Morgan fingerprint density at radius 3 is 2.15 bits per heavy atom. The van der Waals surface area contributed by atoms with Crippen LogP contribution in [0.1, 0.15) is 23.2 Å². The van der Waals surface area contributed by atoms with Gasteiger partial charge in [-0.2, -0.15) is 0 Å². The molecule has 7 heteroatoms. The highest BCUT2D eigenvalue weighted by atomic mass is 19.1. The Hall–Kier alpha value is -2.96. The molecule has 136 valence electrons. The van der Waals surface area contributed by atoms with Crippen LogP contribution in [0.2, 0.25) is 0 Å². The monoisotopic (exact) mass is 359 g/mol. The van der Waals surface area contributed by atoms with Gasteiger partial charge in [0.1, 0.15) is 11.6 Å². The third-order valence-corrected chi connectivity index (χ3v) is 4.12. The Kier molecular flexibility index (Phi) is 5.46. The number of carbonyl (C=O) groups excluding carboxylic acids is 2. The second-order valence-corrected chi connectivity index (χ2v) is 6.14. The number of nitrogens with zero attached hydrogens (tertiary/aromatic N) is 1. The van der Waals surface area contributed by atoms with Gasteiger partial charge in [-0.25, -0.2) is 8.78 Å². The van der Waals surface area contributed by atoms with Crippen molar-refractivity contribution in [3.05, 3.63) is 59.7 Å². The van der Waals surface area contributed by atoms with Gasteiger partial charge in [-0.15, -0.1) is 0 Å². The zero-order valence-corrected chi connectivity index (χ0v) is 14.1. The van der Waals surface area contributed by atoms with Gasteiger partial charge in [0.05, 0.1) is 6.54 Å². The van der Waals surface area contributed by atoms with Crippen LogP contribution >= 0.6 is 0 Å². The SMILES string of the molecule is O=C(CNc1ccc(C(=O)N2CCCC2)cc1)Nc1cc(F)cc(F)c1. The summed E-state index contributed by atoms with van der Waals surface area (Å²) in [6, 6.07) is 9.68. The molecule has 0 atom stereocenters. The molecule has 5 nitrogen and oxygen atoms in total. The molecule has 0 unspecified atom stereocenters. The normalized spacial score (nSPS) is 13.5. The molecule has 0 aromatic heterocycles. The molecule has 1 aliphatic heterocycles. The molecule has 0 saturated carbocycles. The Morgan fingerprint density at radius 1 is 0.923 bits per heavy atom. The van der Waals surface area contributed by atoms with Gasteiger partial charge >= 0.3 is 0 Å². The first-order valence-electron chi connectivity index (χ1n) is 8.40. The number of nitrogens with one attached hydrogen (secondary N) is 2. The molecule has 0 bridgehead atoms. The minimum atomic E-state index is -0.758. The molecule has 0 spiro atoms. The van der Waals surface area contributed by atoms with E-state index in [0.29, 0.717) is 11.3 Å². The lowest BCUT2D eigenvalue weighted by Crippen LogP contribution is -2.27. The van der Waals surface area contributed by atoms with Crippen LogP contribution in [0.25, 0.3) is 0 Å². The average molecular weight is 359 g/mol. The van der Waals surface area contributed by atoms with Crippen molar-refractivity contribution in [3.8, 4) is 0 Å². The van der Waals surface area contributed by atoms with Gasteiger partial charge in [0, 0.05) is 36.1 Å². The summed E-state index contributed by atoms with van der Waals surface area (Å²) < 4.78 is 26.2. The maximum absolute atomic E-state index is 13.1. The summed E-state index contributed by atoms with van der Waals surface area (Å²) in [4.78, 5) is 26.0. The fourth-order valence-electron chi connectivity index (χ4n) is 2.85. The lowest BCUT2D eigenvalue weighted by molar-refractivity contribution is -0.114. The second-order valence-electron chi connectivity index (χ2n) is 6.14. The fraction of sp³-hybridized carbons (Fsp3) is 0.263. The lowest BCUT2D eigenvalue weighted by atomic mass is 10.2. The molecule has 26 heavy (non-hydrogen) atoms. The van der Waals surface area contributed by atoms with E-state index < -0.39 is 17.5 Å². The predicted octanol–water partition coefficient (Wildman–Crippen LogP) is 3.25. The van der Waals surface area contributed by atoms with Crippen molar-refractivity contribution in [2.75, 3.05) is 30.3 Å². The highest BCUT2D eigenvalue weighted by Crippen LogP contribution is 2.16. The van der Waals surface area contributed by atoms with E-state index in [1.807, 2.05) is 4.90 Å². The van der Waals surface area contributed by atoms with E-state index in [0.717, 1.165) is 44.1 Å². The van der Waals surface area contributed by atoms with Gasteiger partial charge in [-0.05, 0) is 49.2 Å². The number of anilines is 2. The third-order valence-electron chi connectivity index (χ3n) is 4.12. The number of benzene rings is 2. The maximum atomic E-state index is 13.1. The minimum Gasteiger partial charge on any atom is -0.376 e. The largest absolute Gasteiger partial charge is 0.376 e. The first-order chi connectivity index (χ1) is 12.5. The molecular weight excluding hydrogens is 340 g/mol. The molecule has 2 aromatic rings. The summed E-state index contributed by atoms with van der Waals surface area (Å²) in [5, 5.41) is 5.32. The number of rotatable bonds is 5. The van der Waals surface area contributed by atoms with E-state index in [1.165, 1.54) is 0 Å². The number of halogens is 2. The van der Waals surface area contributed by atoms with Crippen LogP contribution in [-0.2, 0) is 4.79 Å². The van der Waals surface area contributed by atoms with Crippen LogP contribution in [0, 0.1) is 11.6 Å². The van der Waals surface area contributed by atoms with E-state index in [2.05, 4.69) is 10.6 Å². The molecule has 0 aliphatic carbocycles. The molecule has 2 amide bonds. The number of carbonyl (C=O) groups is 2. The van der Waals surface area contributed by atoms with E-state index in [4.69, 9.17) is 0 Å². The number of hydrogen-bond acceptors (Lipinski definition) is 3. The number of likely N-dealkylation sites (tertiary alicyclic amines) is 1. The molecular formula is C19H19F2N3O2. The Balaban J connectivity index is 1.52. The van der Waals surface area contributed by atoms with Crippen LogP contribution < -0.4 is 10.6 Å². The molecule has 2 aromatic carbocycles. The van der Waals surface area contributed by atoms with E-state index >= 15 is 0 Å². The van der Waals surface area contributed by atoms with Crippen LogP contribution in [0.4, 0.5) is 20.2 Å². The highest BCUT2D eigenvalue weighted by molar-refractivity contribution is 5.95. The molecule has 1 saturated heterocycles. The summed E-state index contributed by atoms with van der Waals surface area (Å²) in [6.07, 6.45) is 2.07. The first kappa shape index (κ1) is 17.8. The quantitative estimate of drug-likeness (QED) is 0.862. The van der Waals surface area contributed by atoms with Crippen molar-refractivity contribution in [2.24, 2.45) is 0 Å². The van der Waals surface area contributed by atoms with Crippen molar-refractivity contribution in [2.45, 2.75) is 12.8 Å². The zero-order chi connectivity index (χ0) is 18.5. The molecule has 1 heterocycles. The molecule has 0 radical (unpaired) electrons. The van der Waals surface area contributed by atoms with Crippen molar-refractivity contribution in [1.29, 1.82) is 0 Å². The van der Waals surface area contributed by atoms with Crippen LogP contribution in [0.15, 0.2) is 42.5 Å². The van der Waals surface area contributed by atoms with Gasteiger partial charge in [0.25, 0.3) is 5.91 Å². The number of amides is 2. The standard InChI is InChI=1S/C19H19F2N3O2/c20-14-9-15(21)11-17(10-14)23-18(25)12-22-16-5-3-13(4-6-16)19(26)24-7-1-2-8-24/h3-6,9-11,22H,1-2,7-8,12H2,(H,23,25). The smallest absolute Gasteiger partial charge is 0.253 e. The average Bonchev–Trinajstić information content (AvgIpc) is 3.13. The molecule has 1 fully saturated rings. The van der Waals surface area contributed by atoms with Crippen LogP contribution in [-0.4, -0.2) is 36.3 Å². The fourth-order valence-corrected chi connectivity index (χ4v) is 2.85. The summed E-state index contributed by atoms with van der Waals surface area (Å²) in [6.45, 7) is 1.51. The van der Waals surface area contributed by atoms with Crippen LogP contribution in [0.3, 0.4) is 0 Å². The maximum Gasteiger partial charge on any atom is 0.253 e. The summed E-state index contributed by atoms with van der Waals surface area (Å²) >= 11 is 0. The zero-order valence-electron chi connectivity index (χ0n) is 14.1. The van der Waals surface area contributed by atoms with Gasteiger partial charge in [-0.3, -0.25) is 9.59 Å². The minimum absolute atomic E-state index is 0.0138. The lowest BCUT2D eigenvalue weighted by Gasteiger charge is -2.15. The second kappa shape index (κ2) is 7.95. The van der Waals surface area contributed by atoms with E-state index in [-0.39, 0.29) is 18.1 Å².